The Morgan fingerprint density at radius 2 is 1.83 bits per heavy atom. The number of esters is 1. The maximum absolute atomic E-state index is 13.3. The summed E-state index contributed by atoms with van der Waals surface area (Å²) in [6.45, 7) is 3.37. The summed E-state index contributed by atoms with van der Waals surface area (Å²) in [5, 5.41) is 9.56. The summed E-state index contributed by atoms with van der Waals surface area (Å²) in [6, 6.07) is 6.05. The number of hydrogen-bond donors (Lipinski definition) is 1. The Labute approximate surface area is 139 Å². The average molecular weight is 361 g/mol. The molecule has 0 saturated heterocycles. The first-order chi connectivity index (χ1) is 10.9. The van der Waals surface area contributed by atoms with E-state index in [-0.39, 0.29) is 18.8 Å². The van der Waals surface area contributed by atoms with Crippen molar-refractivity contribution in [3.8, 4) is 0 Å². The van der Waals surface area contributed by atoms with E-state index in [1.807, 2.05) is 0 Å². The van der Waals surface area contributed by atoms with Gasteiger partial charge in [-0.15, -0.1) is 0 Å². The van der Waals surface area contributed by atoms with Crippen LogP contribution in [0, 0.1) is 0 Å². The highest BCUT2D eigenvalue weighted by Gasteiger charge is 2.58. The second-order valence-corrected chi connectivity index (χ2v) is 7.41. The van der Waals surface area contributed by atoms with Gasteiger partial charge in [0.15, 0.2) is 6.10 Å². The van der Waals surface area contributed by atoms with Crippen LogP contribution in [0.25, 0.3) is 0 Å². The number of carbonyl (C=O) groups is 1. The molecular weight excluding hydrogens is 343 g/mol. The molecule has 6 nitrogen and oxygen atoms in total. The highest BCUT2D eigenvalue weighted by Crippen LogP contribution is 2.66. The van der Waals surface area contributed by atoms with Crippen molar-refractivity contribution in [2.24, 2.45) is 0 Å². The molecule has 8 heteroatoms. The third-order valence-electron chi connectivity index (χ3n) is 3.33. The molecule has 0 amide bonds. The molecule has 0 aliphatic carbocycles. The number of cyclic esters (lactones) is 1. The first kappa shape index (κ1) is 18.2. The summed E-state index contributed by atoms with van der Waals surface area (Å²) in [4.78, 5) is 11.4. The summed E-state index contributed by atoms with van der Waals surface area (Å²) >= 11 is 5.87. The lowest BCUT2D eigenvalue weighted by atomic mass is 10.0. The third kappa shape index (κ3) is 3.37. The smallest absolute Gasteiger partial charge is 0.370 e. The van der Waals surface area contributed by atoms with Crippen LogP contribution in [-0.4, -0.2) is 30.4 Å². The van der Waals surface area contributed by atoms with E-state index in [2.05, 4.69) is 0 Å². The molecule has 0 bridgehead atoms. The standard InChI is InChI=1S/C15H18ClO6P/c1-3-20-23(19,21-4-2)15(18,13-9-10-14(17)22-13)11-5-7-12(16)8-6-11/h5-10,13,18H,3-4H2,1-2H3/t13-,15+/m1/s1. The van der Waals surface area contributed by atoms with Gasteiger partial charge in [-0.1, -0.05) is 23.7 Å². The molecule has 1 aliphatic rings. The minimum absolute atomic E-state index is 0.0531. The maximum Gasteiger partial charge on any atom is 0.370 e. The van der Waals surface area contributed by atoms with E-state index >= 15 is 0 Å². The van der Waals surface area contributed by atoms with Gasteiger partial charge in [0.05, 0.1) is 13.2 Å². The lowest BCUT2D eigenvalue weighted by Gasteiger charge is -2.37. The van der Waals surface area contributed by atoms with Crippen LogP contribution in [-0.2, 0) is 28.5 Å². The van der Waals surface area contributed by atoms with Crippen molar-refractivity contribution >= 4 is 25.2 Å². The molecule has 1 aliphatic heterocycles. The van der Waals surface area contributed by atoms with Crippen LogP contribution in [0.5, 0.6) is 0 Å². The Morgan fingerprint density at radius 3 is 2.26 bits per heavy atom. The molecule has 126 valence electrons. The number of carbonyl (C=O) groups excluding carboxylic acids is 1. The highest BCUT2D eigenvalue weighted by atomic mass is 35.5. The first-order valence-electron chi connectivity index (χ1n) is 7.13. The van der Waals surface area contributed by atoms with E-state index in [1.165, 1.54) is 30.3 Å². The van der Waals surface area contributed by atoms with E-state index < -0.39 is 25.0 Å². The SMILES string of the molecule is CCOP(=O)(OCC)[C@@](O)(c1ccc(Cl)cc1)[C@H]1C=CC(=O)O1. The van der Waals surface area contributed by atoms with Crippen LogP contribution in [0.15, 0.2) is 36.4 Å². The molecule has 0 aromatic heterocycles. The van der Waals surface area contributed by atoms with E-state index in [0.717, 1.165) is 6.08 Å². The van der Waals surface area contributed by atoms with Gasteiger partial charge in [-0.05, 0) is 32.1 Å². The first-order valence-corrected chi connectivity index (χ1v) is 9.06. The van der Waals surface area contributed by atoms with Crippen molar-refractivity contribution in [1.82, 2.24) is 0 Å². The Morgan fingerprint density at radius 1 is 1.26 bits per heavy atom. The van der Waals surface area contributed by atoms with Crippen molar-refractivity contribution in [3.63, 3.8) is 0 Å². The number of benzene rings is 1. The van der Waals surface area contributed by atoms with Gasteiger partial charge in [-0.25, -0.2) is 4.79 Å². The largest absolute Gasteiger partial charge is 0.451 e. The van der Waals surface area contributed by atoms with Crippen LogP contribution >= 0.6 is 19.2 Å². The second-order valence-electron chi connectivity index (χ2n) is 4.78. The van der Waals surface area contributed by atoms with E-state index in [1.54, 1.807) is 13.8 Å². The lowest BCUT2D eigenvalue weighted by molar-refractivity contribution is -0.146. The fraction of sp³-hybridized carbons (Fsp3) is 0.400. The summed E-state index contributed by atoms with van der Waals surface area (Å²) in [6.07, 6.45) is 1.30. The van der Waals surface area contributed by atoms with Gasteiger partial charge < -0.3 is 18.9 Å². The van der Waals surface area contributed by atoms with Crippen LogP contribution in [0.4, 0.5) is 0 Å². The minimum atomic E-state index is -4.07. The summed E-state index contributed by atoms with van der Waals surface area (Å²) in [7, 11) is -4.07. The van der Waals surface area contributed by atoms with Crippen LogP contribution < -0.4 is 0 Å². The van der Waals surface area contributed by atoms with Crippen molar-refractivity contribution in [3.05, 3.63) is 47.0 Å². The number of rotatable bonds is 7. The van der Waals surface area contributed by atoms with Gasteiger partial charge in [0.2, 0.25) is 5.34 Å². The number of ether oxygens (including phenoxy) is 1. The number of halogens is 1. The highest BCUT2D eigenvalue weighted by molar-refractivity contribution is 7.55. The van der Waals surface area contributed by atoms with Crippen LogP contribution in [0.3, 0.4) is 0 Å². The summed E-state index contributed by atoms with van der Waals surface area (Å²) in [5.74, 6) is -0.637. The number of aliphatic hydroxyl groups is 1. The molecule has 0 spiro atoms. The van der Waals surface area contributed by atoms with E-state index in [4.69, 9.17) is 25.4 Å². The van der Waals surface area contributed by atoms with Crippen molar-refractivity contribution in [2.75, 3.05) is 13.2 Å². The monoisotopic (exact) mass is 360 g/mol. The fourth-order valence-corrected chi connectivity index (χ4v) is 4.52. The zero-order chi connectivity index (χ0) is 17.1. The molecule has 1 aromatic carbocycles. The second kappa shape index (κ2) is 7.16. The minimum Gasteiger partial charge on any atom is -0.451 e. The topological polar surface area (TPSA) is 82.1 Å². The molecule has 2 rings (SSSR count). The predicted molar refractivity (Wildman–Crippen MR) is 85.2 cm³/mol. The Kier molecular flexibility index (Phi) is 5.65. The van der Waals surface area contributed by atoms with Gasteiger partial charge in [0.25, 0.3) is 0 Å². The Bertz CT molecular complexity index is 634. The molecule has 2 atom stereocenters. The molecule has 1 aromatic rings. The zero-order valence-electron chi connectivity index (χ0n) is 12.8. The predicted octanol–water partition coefficient (Wildman–Crippen LogP) is 3.23. The molecular formula is C15H18ClO6P. The van der Waals surface area contributed by atoms with Crippen molar-refractivity contribution in [2.45, 2.75) is 25.3 Å². The van der Waals surface area contributed by atoms with Crippen LogP contribution in [0.2, 0.25) is 5.02 Å². The maximum atomic E-state index is 13.3. The summed E-state index contributed by atoms with van der Waals surface area (Å²) < 4.78 is 28.9. The number of hydrogen-bond acceptors (Lipinski definition) is 6. The van der Waals surface area contributed by atoms with Crippen molar-refractivity contribution in [1.29, 1.82) is 0 Å². The van der Waals surface area contributed by atoms with Gasteiger partial charge in [-0.2, -0.15) is 0 Å². The van der Waals surface area contributed by atoms with E-state index in [0.29, 0.717) is 5.02 Å². The van der Waals surface area contributed by atoms with Gasteiger partial charge in [0, 0.05) is 16.7 Å². The Balaban J connectivity index is 2.58. The Hall–Kier alpha value is -1.17. The quantitative estimate of drug-likeness (QED) is 0.594. The van der Waals surface area contributed by atoms with Gasteiger partial charge in [0.1, 0.15) is 0 Å². The molecule has 0 saturated carbocycles. The zero-order valence-corrected chi connectivity index (χ0v) is 14.4. The summed E-state index contributed by atoms with van der Waals surface area (Å²) in [5.41, 5.74) is 0.219. The van der Waals surface area contributed by atoms with E-state index in [9.17, 15) is 14.5 Å². The van der Waals surface area contributed by atoms with Crippen molar-refractivity contribution < 1.29 is 28.3 Å². The molecule has 23 heavy (non-hydrogen) atoms. The van der Waals surface area contributed by atoms with Crippen LogP contribution in [0.1, 0.15) is 19.4 Å². The van der Waals surface area contributed by atoms with Gasteiger partial charge >= 0.3 is 13.6 Å². The molecule has 0 fully saturated rings. The fourth-order valence-electron chi connectivity index (χ4n) is 2.33. The molecule has 0 unspecified atom stereocenters. The third-order valence-corrected chi connectivity index (χ3v) is 6.13. The molecule has 0 radical (unpaired) electrons. The average Bonchev–Trinajstić information content (AvgIpc) is 2.94. The van der Waals surface area contributed by atoms with Gasteiger partial charge in [-0.3, -0.25) is 4.57 Å². The normalized spacial score (nSPS) is 20.3. The molecule has 1 heterocycles. The molecule has 1 N–H and O–H groups in total. The lowest BCUT2D eigenvalue weighted by Crippen LogP contribution is -2.40.